The molecule has 0 aliphatic rings. The predicted octanol–water partition coefficient (Wildman–Crippen LogP) is 1.28. The lowest BCUT2D eigenvalue weighted by Gasteiger charge is -2.11. The van der Waals surface area contributed by atoms with Gasteiger partial charge < -0.3 is 16.2 Å². The summed E-state index contributed by atoms with van der Waals surface area (Å²) in [4.78, 5) is 11.5. The van der Waals surface area contributed by atoms with Crippen LogP contribution >= 0.6 is 11.6 Å². The van der Waals surface area contributed by atoms with Gasteiger partial charge >= 0.3 is 0 Å². The van der Waals surface area contributed by atoms with Gasteiger partial charge in [-0.25, -0.2) is 8.78 Å². The van der Waals surface area contributed by atoms with E-state index in [1.807, 2.05) is 0 Å². The number of carbonyl (C=O) groups excluding carboxylic acids is 1. The zero-order chi connectivity index (χ0) is 13.0. The first-order valence-corrected chi connectivity index (χ1v) is 5.09. The summed E-state index contributed by atoms with van der Waals surface area (Å²) in [5.74, 6) is -0.665. The summed E-state index contributed by atoms with van der Waals surface area (Å²) in [6, 6.07) is 4.43. The van der Waals surface area contributed by atoms with Crippen LogP contribution in [0.25, 0.3) is 0 Å². The molecule has 4 N–H and O–H groups in total. The van der Waals surface area contributed by atoms with Gasteiger partial charge in [-0.2, -0.15) is 0 Å². The summed E-state index contributed by atoms with van der Waals surface area (Å²) in [5, 5.41) is 11.0. The molecule has 4 nitrogen and oxygen atoms in total. The van der Waals surface area contributed by atoms with Gasteiger partial charge in [0, 0.05) is 6.54 Å². The molecule has 1 aromatic rings. The lowest BCUT2D eigenvalue weighted by atomic mass is 10.2. The number of nitrogen functional groups attached to an aromatic ring is 1. The molecule has 0 aliphatic carbocycles. The molecule has 0 saturated carbocycles. The Morgan fingerprint density at radius 3 is 2.76 bits per heavy atom. The topological polar surface area (TPSA) is 75.4 Å². The van der Waals surface area contributed by atoms with Crippen molar-refractivity contribution < 1.29 is 18.7 Å². The van der Waals surface area contributed by atoms with Crippen molar-refractivity contribution in [1.82, 2.24) is 5.32 Å². The van der Waals surface area contributed by atoms with Gasteiger partial charge in [0.25, 0.3) is 12.3 Å². The predicted molar refractivity (Wildman–Crippen MR) is 60.2 cm³/mol. The molecule has 0 spiro atoms. The molecule has 0 radical (unpaired) electrons. The van der Waals surface area contributed by atoms with E-state index in [-0.39, 0.29) is 16.3 Å². The molecule has 0 bridgehead atoms. The fourth-order valence-electron chi connectivity index (χ4n) is 1.11. The molecule has 7 heteroatoms. The maximum absolute atomic E-state index is 12.0. The second-order valence-corrected chi connectivity index (χ2v) is 3.70. The Morgan fingerprint density at radius 1 is 1.53 bits per heavy atom. The van der Waals surface area contributed by atoms with E-state index in [0.29, 0.717) is 0 Å². The zero-order valence-electron chi connectivity index (χ0n) is 8.66. The minimum atomic E-state index is -2.91. The van der Waals surface area contributed by atoms with Crippen molar-refractivity contribution in [2.45, 2.75) is 12.5 Å². The van der Waals surface area contributed by atoms with Crippen molar-refractivity contribution in [2.75, 3.05) is 12.3 Å². The van der Waals surface area contributed by atoms with Crippen LogP contribution in [0.1, 0.15) is 10.4 Å². The van der Waals surface area contributed by atoms with Crippen LogP contribution in [0, 0.1) is 0 Å². The normalized spacial score (nSPS) is 12.5. The van der Waals surface area contributed by atoms with Crippen molar-refractivity contribution in [3.8, 4) is 0 Å². The van der Waals surface area contributed by atoms with Crippen molar-refractivity contribution >= 4 is 23.2 Å². The summed E-state index contributed by atoms with van der Waals surface area (Å²) in [6.07, 6.45) is -4.81. The Hall–Kier alpha value is -1.40. The Morgan fingerprint density at radius 2 is 2.18 bits per heavy atom. The second kappa shape index (κ2) is 5.79. The lowest BCUT2D eigenvalue weighted by molar-refractivity contribution is -0.00270. The van der Waals surface area contributed by atoms with Crippen molar-refractivity contribution in [3.63, 3.8) is 0 Å². The maximum Gasteiger partial charge on any atom is 0.265 e. The summed E-state index contributed by atoms with van der Waals surface area (Å²) >= 11 is 5.77. The summed E-state index contributed by atoms with van der Waals surface area (Å²) in [7, 11) is 0. The van der Waals surface area contributed by atoms with Crippen LogP contribution in [0.4, 0.5) is 14.5 Å². The first-order chi connectivity index (χ1) is 7.93. The Bertz CT molecular complexity index is 415. The van der Waals surface area contributed by atoms with Gasteiger partial charge in [-0.3, -0.25) is 4.79 Å². The van der Waals surface area contributed by atoms with Gasteiger partial charge in [0.15, 0.2) is 0 Å². The minimum Gasteiger partial charge on any atom is -0.398 e. The number of amides is 1. The van der Waals surface area contributed by atoms with E-state index in [4.69, 9.17) is 22.4 Å². The smallest absolute Gasteiger partial charge is 0.265 e. The number of benzene rings is 1. The van der Waals surface area contributed by atoms with E-state index < -0.39 is 25.0 Å². The number of anilines is 1. The summed E-state index contributed by atoms with van der Waals surface area (Å²) in [6.45, 7) is -0.554. The average Bonchev–Trinajstić information content (AvgIpc) is 2.29. The van der Waals surface area contributed by atoms with Crippen LogP contribution in [0.15, 0.2) is 18.2 Å². The quantitative estimate of drug-likeness (QED) is 0.717. The van der Waals surface area contributed by atoms with Crippen LogP contribution in [-0.4, -0.2) is 30.1 Å². The lowest BCUT2D eigenvalue weighted by Crippen LogP contribution is -2.36. The molecule has 1 rings (SSSR count). The van der Waals surface area contributed by atoms with Gasteiger partial charge in [0.2, 0.25) is 0 Å². The zero-order valence-corrected chi connectivity index (χ0v) is 9.42. The Kier molecular flexibility index (Phi) is 4.65. The standard InChI is InChI=1S/C10H11ClF2N2O2/c11-8-5(2-1-3-6(8)14)10(17)15-4-7(16)9(12)13/h1-3,7,9,16H,4,14H2,(H,15,17). The number of aliphatic hydroxyl groups excluding tert-OH is 1. The number of alkyl halides is 2. The molecule has 1 aromatic carbocycles. The number of halogens is 3. The molecule has 0 aromatic heterocycles. The molecule has 1 atom stereocenters. The minimum absolute atomic E-state index is 0.0523. The number of nitrogens with one attached hydrogen (secondary N) is 1. The Balaban J connectivity index is 2.68. The molecule has 0 fully saturated rings. The van der Waals surface area contributed by atoms with Gasteiger partial charge in [0.05, 0.1) is 16.3 Å². The maximum atomic E-state index is 12.0. The second-order valence-electron chi connectivity index (χ2n) is 3.32. The summed E-state index contributed by atoms with van der Waals surface area (Å²) < 4.78 is 24.0. The molecule has 0 heterocycles. The SMILES string of the molecule is Nc1cccc(C(=O)NCC(O)C(F)F)c1Cl. The van der Waals surface area contributed by atoms with Gasteiger partial charge in [0.1, 0.15) is 6.10 Å². The van der Waals surface area contributed by atoms with Crippen LogP contribution in [0.3, 0.4) is 0 Å². The molecule has 17 heavy (non-hydrogen) atoms. The summed E-state index contributed by atoms with van der Waals surface area (Å²) in [5.41, 5.74) is 5.77. The van der Waals surface area contributed by atoms with E-state index in [2.05, 4.69) is 5.32 Å². The number of aliphatic hydroxyl groups is 1. The van der Waals surface area contributed by atoms with Crippen LogP contribution in [0.2, 0.25) is 5.02 Å². The van der Waals surface area contributed by atoms with E-state index in [1.54, 1.807) is 0 Å². The number of nitrogens with two attached hydrogens (primary N) is 1. The van der Waals surface area contributed by atoms with Crippen molar-refractivity contribution in [1.29, 1.82) is 0 Å². The largest absolute Gasteiger partial charge is 0.398 e. The van der Waals surface area contributed by atoms with Crippen LogP contribution < -0.4 is 11.1 Å². The number of hydrogen-bond acceptors (Lipinski definition) is 3. The highest BCUT2D eigenvalue weighted by Crippen LogP contribution is 2.22. The van der Waals surface area contributed by atoms with E-state index in [9.17, 15) is 13.6 Å². The van der Waals surface area contributed by atoms with Gasteiger partial charge in [-0.05, 0) is 12.1 Å². The Labute approximate surface area is 101 Å². The first kappa shape index (κ1) is 13.7. The van der Waals surface area contributed by atoms with E-state index >= 15 is 0 Å². The average molecular weight is 265 g/mol. The fourth-order valence-corrected chi connectivity index (χ4v) is 1.32. The fraction of sp³-hybridized carbons (Fsp3) is 0.300. The highest BCUT2D eigenvalue weighted by atomic mass is 35.5. The van der Waals surface area contributed by atoms with Gasteiger partial charge in [-0.1, -0.05) is 17.7 Å². The molecule has 94 valence electrons. The molecule has 0 saturated heterocycles. The molecular weight excluding hydrogens is 254 g/mol. The molecule has 1 unspecified atom stereocenters. The van der Waals surface area contributed by atoms with Crippen molar-refractivity contribution in [2.24, 2.45) is 0 Å². The first-order valence-electron chi connectivity index (χ1n) is 4.72. The molecule has 0 aliphatic heterocycles. The number of carbonyl (C=O) groups is 1. The van der Waals surface area contributed by atoms with Crippen LogP contribution in [-0.2, 0) is 0 Å². The number of rotatable bonds is 4. The third-order valence-electron chi connectivity index (χ3n) is 2.04. The highest BCUT2D eigenvalue weighted by Gasteiger charge is 2.19. The van der Waals surface area contributed by atoms with Crippen LogP contribution in [0.5, 0.6) is 0 Å². The molecular formula is C10H11ClF2N2O2. The third kappa shape index (κ3) is 3.54. The van der Waals surface area contributed by atoms with Gasteiger partial charge in [-0.15, -0.1) is 0 Å². The van der Waals surface area contributed by atoms with E-state index in [0.717, 1.165) is 0 Å². The third-order valence-corrected chi connectivity index (χ3v) is 2.46. The molecule has 1 amide bonds. The van der Waals surface area contributed by atoms with Crippen molar-refractivity contribution in [3.05, 3.63) is 28.8 Å². The monoisotopic (exact) mass is 264 g/mol. The number of hydrogen-bond donors (Lipinski definition) is 3. The van der Waals surface area contributed by atoms with E-state index in [1.165, 1.54) is 18.2 Å². The highest BCUT2D eigenvalue weighted by molar-refractivity contribution is 6.36.